The van der Waals surface area contributed by atoms with E-state index in [4.69, 9.17) is 30.8 Å². The third kappa shape index (κ3) is 6.92. The Labute approximate surface area is 297 Å². The lowest BCUT2D eigenvalue weighted by atomic mass is 9.72. The van der Waals surface area contributed by atoms with Crippen LogP contribution in [-0.2, 0) is 26.2 Å². The van der Waals surface area contributed by atoms with Crippen molar-refractivity contribution in [1.29, 1.82) is 5.26 Å². The van der Waals surface area contributed by atoms with Crippen molar-refractivity contribution in [2.75, 3.05) is 37.3 Å². The number of anilines is 2. The van der Waals surface area contributed by atoms with Crippen LogP contribution in [0.4, 0.5) is 15.6 Å². The molecule has 2 aliphatic carbocycles. The van der Waals surface area contributed by atoms with Crippen LogP contribution in [0.15, 0.2) is 11.2 Å². The number of likely N-dealkylation sites (N-methyl/N-ethyl adjacent to an activating group) is 1. The van der Waals surface area contributed by atoms with Crippen molar-refractivity contribution < 1.29 is 23.9 Å². The Bertz CT molecular complexity index is 1700. The molecule has 2 saturated heterocycles. The van der Waals surface area contributed by atoms with Gasteiger partial charge < -0.3 is 35.6 Å². The molecule has 14 nitrogen and oxygen atoms in total. The second-order valence-corrected chi connectivity index (χ2v) is 16.3. The number of amidine groups is 1. The van der Waals surface area contributed by atoms with E-state index in [-0.39, 0.29) is 47.9 Å². The van der Waals surface area contributed by atoms with Crippen molar-refractivity contribution in [1.82, 2.24) is 19.8 Å². The zero-order chi connectivity index (χ0) is 36.0. The summed E-state index contributed by atoms with van der Waals surface area (Å²) in [6.07, 6.45) is 6.26. The predicted octanol–water partition coefficient (Wildman–Crippen LogP) is 4.29. The van der Waals surface area contributed by atoms with Crippen molar-refractivity contribution in [2.24, 2.45) is 10.9 Å². The van der Waals surface area contributed by atoms with E-state index in [0.29, 0.717) is 41.5 Å². The number of hydrogen-bond donors (Lipinski definition) is 2. The monoisotopic (exact) mass is 707 g/mol. The third-order valence-electron chi connectivity index (χ3n) is 10.5. The van der Waals surface area contributed by atoms with Gasteiger partial charge in [0.1, 0.15) is 34.3 Å². The maximum Gasteiger partial charge on any atom is 0.410 e. The maximum absolute atomic E-state index is 13.7. The van der Waals surface area contributed by atoms with E-state index < -0.39 is 17.0 Å². The van der Waals surface area contributed by atoms with Gasteiger partial charge in [-0.3, -0.25) is 4.90 Å². The van der Waals surface area contributed by atoms with Crippen molar-refractivity contribution in [3.63, 3.8) is 0 Å². The third-order valence-corrected chi connectivity index (χ3v) is 11.6. The minimum atomic E-state index is -1.10. The number of fused-ring (bicyclic) bond motifs is 2. The molecule has 0 radical (unpaired) electrons. The van der Waals surface area contributed by atoms with Crippen LogP contribution in [0.1, 0.15) is 101 Å². The van der Waals surface area contributed by atoms with Gasteiger partial charge in [-0.25, -0.2) is 9.59 Å². The SMILES string of the molecule is C[C@H](Oc1nc(/C(N)=N/OC(=O)[C@@]2(C)CCCc3sc(N)c(C#N)c32)cc(N2CCN(C(=O)OC(C)(C)C)C3CCCC32)n1)[C@@H]1CCCN1C. The molecule has 0 aromatic carbocycles. The first-order chi connectivity index (χ1) is 23.7. The van der Waals surface area contributed by atoms with E-state index in [2.05, 4.69) is 33.1 Å². The Balaban J connectivity index is 1.29. The molecule has 4 N–H and O–H groups in total. The number of aryl methyl sites for hydroxylation is 1. The first-order valence-corrected chi connectivity index (χ1v) is 18.4. The zero-order valence-corrected chi connectivity index (χ0v) is 30.7. The van der Waals surface area contributed by atoms with Gasteiger partial charge in [0.15, 0.2) is 5.84 Å². The van der Waals surface area contributed by atoms with Gasteiger partial charge in [-0.05, 0) is 99.6 Å². The molecule has 6 rings (SSSR count). The van der Waals surface area contributed by atoms with Crippen LogP contribution in [0.5, 0.6) is 6.01 Å². The van der Waals surface area contributed by atoms with E-state index in [1.807, 2.05) is 32.6 Å². The maximum atomic E-state index is 13.7. The van der Waals surface area contributed by atoms with E-state index in [9.17, 15) is 14.9 Å². The lowest BCUT2D eigenvalue weighted by molar-refractivity contribution is -0.150. The zero-order valence-electron chi connectivity index (χ0n) is 29.9. The number of nitrogen functional groups attached to an aromatic ring is 1. The van der Waals surface area contributed by atoms with Gasteiger partial charge in [-0.15, -0.1) is 11.3 Å². The van der Waals surface area contributed by atoms with Crippen LogP contribution in [0.2, 0.25) is 0 Å². The van der Waals surface area contributed by atoms with Crippen molar-refractivity contribution in [3.8, 4) is 12.1 Å². The van der Waals surface area contributed by atoms with Crippen LogP contribution < -0.4 is 21.1 Å². The highest BCUT2D eigenvalue weighted by Crippen LogP contribution is 2.46. The van der Waals surface area contributed by atoms with E-state index >= 15 is 0 Å². The number of carbonyl (C=O) groups is 2. The number of nitrogens with zero attached hydrogens (tertiary/aromatic N) is 7. The van der Waals surface area contributed by atoms with Gasteiger partial charge in [0.25, 0.3) is 0 Å². The Morgan fingerprint density at radius 2 is 1.90 bits per heavy atom. The van der Waals surface area contributed by atoms with Gasteiger partial charge in [0.2, 0.25) is 0 Å². The molecular weight excluding hydrogens is 659 g/mol. The number of hydrogen-bond acceptors (Lipinski definition) is 13. The number of oxime groups is 1. The van der Waals surface area contributed by atoms with Gasteiger partial charge in [-0.2, -0.15) is 15.2 Å². The van der Waals surface area contributed by atoms with Gasteiger partial charge >= 0.3 is 18.1 Å². The van der Waals surface area contributed by atoms with E-state index in [1.165, 1.54) is 11.3 Å². The molecule has 4 aliphatic rings. The number of nitrogens with two attached hydrogens (primary N) is 2. The quantitative estimate of drug-likeness (QED) is 0.180. The van der Waals surface area contributed by atoms with Crippen molar-refractivity contribution in [2.45, 2.75) is 121 Å². The average molecular weight is 708 g/mol. The number of thiophene rings is 1. The van der Waals surface area contributed by atoms with Gasteiger partial charge in [0.05, 0.1) is 23.1 Å². The van der Waals surface area contributed by atoms with E-state index in [1.54, 1.807) is 13.0 Å². The summed E-state index contributed by atoms with van der Waals surface area (Å²) in [7, 11) is 2.09. The summed E-state index contributed by atoms with van der Waals surface area (Å²) >= 11 is 1.34. The second-order valence-electron chi connectivity index (χ2n) is 15.1. The summed E-state index contributed by atoms with van der Waals surface area (Å²) in [6.45, 7) is 11.4. The molecule has 2 aliphatic heterocycles. The fourth-order valence-electron chi connectivity index (χ4n) is 8.08. The molecule has 2 aromatic heterocycles. The highest BCUT2D eigenvalue weighted by Gasteiger charge is 2.46. The summed E-state index contributed by atoms with van der Waals surface area (Å²) in [6, 6.07) is 4.23. The van der Waals surface area contributed by atoms with Crippen molar-refractivity contribution >= 4 is 40.1 Å². The normalized spacial score (nSPS) is 26.2. The first kappa shape index (κ1) is 35.7. The molecule has 1 amide bonds. The summed E-state index contributed by atoms with van der Waals surface area (Å²) < 4.78 is 12.1. The number of ether oxygens (including phenoxy) is 2. The highest BCUT2D eigenvalue weighted by molar-refractivity contribution is 7.16. The smallest absolute Gasteiger partial charge is 0.410 e. The van der Waals surface area contributed by atoms with Crippen LogP contribution in [0.3, 0.4) is 0 Å². The fourth-order valence-corrected chi connectivity index (χ4v) is 9.27. The lowest BCUT2D eigenvalue weighted by Gasteiger charge is -2.45. The molecule has 50 heavy (non-hydrogen) atoms. The van der Waals surface area contributed by atoms with E-state index in [0.717, 1.165) is 56.4 Å². The minimum Gasteiger partial charge on any atom is -0.459 e. The molecule has 0 bridgehead atoms. The Hall–Kier alpha value is -4.16. The molecule has 4 heterocycles. The number of carbonyl (C=O) groups excluding carboxylic acids is 2. The molecule has 2 aromatic rings. The Morgan fingerprint density at radius 1 is 1.14 bits per heavy atom. The first-order valence-electron chi connectivity index (χ1n) is 17.6. The second kappa shape index (κ2) is 13.9. The number of aromatic nitrogens is 2. The summed E-state index contributed by atoms with van der Waals surface area (Å²) in [4.78, 5) is 49.1. The number of rotatable bonds is 7. The standard InChI is InChI=1S/C35H49N9O5S/c1-20(23-12-9-15-42(23)6)47-32-39-22(29(37)41-49-31(45)35(5)14-8-13-26-28(35)21(19-36)30(38)50-26)18-27(40-32)43-16-17-44(25-11-7-10-24(25)43)33(46)48-34(2,3)4/h18,20,23-25H,7-17,38H2,1-6H3,(H2,37,41)/t20-,23-,24?,25?,35-/m0/s1. The molecule has 15 heteroatoms. The number of nitriles is 1. The largest absolute Gasteiger partial charge is 0.459 e. The van der Waals surface area contributed by atoms with Crippen molar-refractivity contribution in [3.05, 3.63) is 27.8 Å². The predicted molar refractivity (Wildman–Crippen MR) is 190 cm³/mol. The summed E-state index contributed by atoms with van der Waals surface area (Å²) in [5.74, 6) is -0.136. The minimum absolute atomic E-state index is 0.00840. The van der Waals surface area contributed by atoms with Gasteiger partial charge in [-0.1, -0.05) is 5.16 Å². The topological polar surface area (TPSA) is 186 Å². The van der Waals surface area contributed by atoms with Crippen LogP contribution in [-0.4, -0.2) is 94.2 Å². The molecule has 2 unspecified atom stereocenters. The molecule has 3 fully saturated rings. The van der Waals surface area contributed by atoms with Gasteiger partial charge in [0, 0.05) is 35.6 Å². The van der Waals surface area contributed by atoms with Crippen LogP contribution >= 0.6 is 11.3 Å². The van der Waals surface area contributed by atoms with Crippen LogP contribution in [0.25, 0.3) is 0 Å². The molecule has 5 atom stereocenters. The molecule has 270 valence electrons. The highest BCUT2D eigenvalue weighted by atomic mass is 32.1. The molecule has 0 spiro atoms. The average Bonchev–Trinajstić information content (AvgIpc) is 3.80. The summed E-state index contributed by atoms with van der Waals surface area (Å²) in [5, 5.41) is 14.3. The summed E-state index contributed by atoms with van der Waals surface area (Å²) in [5.41, 5.74) is 12.1. The molecule has 1 saturated carbocycles. The lowest BCUT2D eigenvalue weighted by Crippen LogP contribution is -2.60. The number of piperazine rings is 1. The number of amides is 1. The van der Waals surface area contributed by atoms with Crippen LogP contribution in [0, 0.1) is 11.3 Å². The fraction of sp³-hybridized carbons (Fsp3) is 0.657. The Kier molecular flexibility index (Phi) is 9.89. The molecular formula is C35H49N9O5S. The number of likely N-dealkylation sites (tertiary alicyclic amines) is 1. The Morgan fingerprint density at radius 3 is 2.60 bits per heavy atom.